The summed E-state index contributed by atoms with van der Waals surface area (Å²) in [6, 6.07) is 3.28. The molecule has 2 aliphatic heterocycles. The summed E-state index contributed by atoms with van der Waals surface area (Å²) in [5.74, 6) is -3.52. The van der Waals surface area contributed by atoms with E-state index < -0.39 is 53.3 Å². The molecule has 2 N–H and O–H groups in total. The molecule has 14 heteroatoms. The van der Waals surface area contributed by atoms with Gasteiger partial charge in [0.1, 0.15) is 18.1 Å². The van der Waals surface area contributed by atoms with Crippen molar-refractivity contribution in [1.29, 1.82) is 0 Å². The highest BCUT2D eigenvalue weighted by Crippen LogP contribution is 2.30. The molecule has 3 amide bonds. The molecule has 1 fully saturated rings. The van der Waals surface area contributed by atoms with Crippen molar-refractivity contribution in [3.8, 4) is 0 Å². The van der Waals surface area contributed by atoms with Crippen LogP contribution in [0.1, 0.15) is 45.1 Å². The number of nitrogens with zero attached hydrogens (tertiary/aromatic N) is 3. The summed E-state index contributed by atoms with van der Waals surface area (Å²) in [5.41, 5.74) is -0.597. The topological polar surface area (TPSA) is 120 Å². The molecule has 3 heterocycles. The molecule has 0 aliphatic carbocycles. The van der Waals surface area contributed by atoms with Gasteiger partial charge in [-0.15, -0.1) is 15.9 Å². The zero-order chi connectivity index (χ0) is 29.1. The van der Waals surface area contributed by atoms with Gasteiger partial charge in [0.15, 0.2) is 5.54 Å². The minimum absolute atomic E-state index is 0.201. The quantitative estimate of drug-likeness (QED) is 0.398. The molecular weight excluding hydrogens is 567 g/mol. The fourth-order valence-electron chi connectivity index (χ4n) is 4.86. The number of thiophene rings is 1. The Labute approximate surface area is 237 Å². The van der Waals surface area contributed by atoms with Gasteiger partial charge in [0.25, 0.3) is 11.7 Å². The minimum atomic E-state index is -5.16. The second-order valence-electron chi connectivity index (χ2n) is 10.1. The Hall–Kier alpha value is -3.00. The van der Waals surface area contributed by atoms with Gasteiger partial charge in [0.2, 0.25) is 11.8 Å². The summed E-state index contributed by atoms with van der Waals surface area (Å²) in [6.45, 7) is 3.65. The number of fused-ring (bicyclic) bond motifs is 1. The summed E-state index contributed by atoms with van der Waals surface area (Å²) in [4.78, 5) is 53.4. The highest BCUT2D eigenvalue weighted by molar-refractivity contribution is 7.98. The van der Waals surface area contributed by atoms with Crippen LogP contribution in [-0.2, 0) is 25.6 Å². The van der Waals surface area contributed by atoms with E-state index in [9.17, 15) is 32.3 Å². The fraction of sp³-hybridized carbons (Fsp3) is 0.538. The normalized spacial score (nSPS) is 22.3. The summed E-state index contributed by atoms with van der Waals surface area (Å²) in [5, 5.41) is 11.4. The Bertz CT molecular complexity index is 1320. The zero-order valence-electron chi connectivity index (χ0n) is 22.0. The molecule has 40 heavy (non-hydrogen) atoms. The van der Waals surface area contributed by atoms with Crippen LogP contribution in [0.5, 0.6) is 0 Å². The average molecular weight is 598 g/mol. The number of ketones is 1. The number of carbonyl (C=O) groups excluding carboxylic acids is 4. The average Bonchev–Trinajstić information content (AvgIpc) is 3.67. The number of benzene rings is 1. The van der Waals surface area contributed by atoms with Crippen molar-refractivity contribution in [1.82, 2.24) is 15.5 Å². The first-order valence-electron chi connectivity index (χ1n) is 13.0. The first-order valence-corrected chi connectivity index (χ1v) is 14.8. The third-order valence-corrected chi connectivity index (χ3v) is 8.97. The number of hydrogen-bond donors (Lipinski definition) is 2. The van der Waals surface area contributed by atoms with Crippen LogP contribution in [0.15, 0.2) is 39.3 Å². The standard InChI is InChI=1S/C26H30F3N5O4S2/c1-3-7-17(31-24(38)25(2)14-40-33-32-25)23(37)34-11-6-9-19(34)22(36)30-18(21(35)26(27,28)29)12-15-13-39-20-10-5-4-8-16(15)20/h4-5,8,10,13,17-19H,3,6-7,9,11-12,14H2,1-2H3,(H,30,36)(H,31,38)/t17-,18-,19?,25?/m0/s1. The van der Waals surface area contributed by atoms with E-state index in [4.69, 9.17) is 0 Å². The lowest BCUT2D eigenvalue weighted by Crippen LogP contribution is -2.58. The first kappa shape index (κ1) is 30.0. The van der Waals surface area contributed by atoms with Crippen LogP contribution in [0.2, 0.25) is 0 Å². The monoisotopic (exact) mass is 597 g/mol. The van der Waals surface area contributed by atoms with Crippen LogP contribution in [0.3, 0.4) is 0 Å². The van der Waals surface area contributed by atoms with Gasteiger partial charge in [-0.3, -0.25) is 19.2 Å². The van der Waals surface area contributed by atoms with Crippen molar-refractivity contribution in [2.75, 3.05) is 12.3 Å². The van der Waals surface area contributed by atoms with Gasteiger partial charge >= 0.3 is 6.18 Å². The molecular formula is C26H30F3N5O4S2. The van der Waals surface area contributed by atoms with E-state index in [1.165, 1.54) is 16.2 Å². The number of nitrogens with one attached hydrogen (secondary N) is 2. The van der Waals surface area contributed by atoms with E-state index >= 15 is 0 Å². The van der Waals surface area contributed by atoms with Crippen LogP contribution < -0.4 is 10.6 Å². The molecule has 0 saturated carbocycles. The van der Waals surface area contributed by atoms with Crippen LogP contribution in [0.25, 0.3) is 10.1 Å². The number of Topliss-reactive ketones (excluding diaryl/α,β-unsaturated/α-hetero) is 1. The highest BCUT2D eigenvalue weighted by atomic mass is 32.2. The molecule has 4 atom stereocenters. The summed E-state index contributed by atoms with van der Waals surface area (Å²) >= 11 is 2.48. The van der Waals surface area contributed by atoms with Crippen LogP contribution in [0, 0.1) is 0 Å². The Morgan fingerprint density at radius 3 is 2.60 bits per heavy atom. The van der Waals surface area contributed by atoms with Crippen molar-refractivity contribution in [3.63, 3.8) is 0 Å². The molecule has 9 nitrogen and oxygen atoms in total. The summed E-state index contributed by atoms with van der Waals surface area (Å²) in [7, 11) is 0. The van der Waals surface area contributed by atoms with Crippen molar-refractivity contribution in [3.05, 3.63) is 35.2 Å². The van der Waals surface area contributed by atoms with Crippen molar-refractivity contribution in [2.24, 2.45) is 9.63 Å². The van der Waals surface area contributed by atoms with Gasteiger partial charge < -0.3 is 15.5 Å². The molecule has 0 bridgehead atoms. The van der Waals surface area contributed by atoms with E-state index in [1.54, 1.807) is 30.5 Å². The second kappa shape index (κ2) is 12.2. The first-order chi connectivity index (χ1) is 18.9. The molecule has 1 aromatic carbocycles. The smallest absolute Gasteiger partial charge is 0.344 e. The maximum Gasteiger partial charge on any atom is 0.452 e. The number of amides is 3. The number of likely N-dealkylation sites (tertiary alicyclic amines) is 1. The maximum absolute atomic E-state index is 13.5. The molecule has 1 aromatic heterocycles. The number of halogens is 3. The van der Waals surface area contributed by atoms with Crippen LogP contribution in [0.4, 0.5) is 13.2 Å². The van der Waals surface area contributed by atoms with E-state index in [-0.39, 0.29) is 19.4 Å². The molecule has 4 rings (SSSR count). The van der Waals surface area contributed by atoms with Crippen molar-refractivity contribution < 1.29 is 32.3 Å². The Morgan fingerprint density at radius 1 is 1.18 bits per heavy atom. The molecule has 216 valence electrons. The number of rotatable bonds is 10. The molecule has 0 radical (unpaired) electrons. The van der Waals surface area contributed by atoms with Gasteiger partial charge in [0, 0.05) is 29.6 Å². The maximum atomic E-state index is 13.5. The van der Waals surface area contributed by atoms with Crippen LogP contribution >= 0.6 is 23.3 Å². The highest BCUT2D eigenvalue weighted by Gasteiger charge is 2.46. The Balaban J connectivity index is 1.51. The Kier molecular flexibility index (Phi) is 9.18. The van der Waals surface area contributed by atoms with Gasteiger partial charge in [0.05, 0.1) is 5.75 Å². The van der Waals surface area contributed by atoms with Gasteiger partial charge in [-0.05, 0) is 48.6 Å². The van der Waals surface area contributed by atoms with Gasteiger partial charge in [-0.2, -0.15) is 18.3 Å². The van der Waals surface area contributed by atoms with E-state index in [2.05, 4.69) is 20.3 Å². The number of carbonyl (C=O) groups is 4. The lowest BCUT2D eigenvalue weighted by molar-refractivity contribution is -0.173. The fourth-order valence-corrected chi connectivity index (χ4v) is 6.57. The number of alkyl halides is 3. The summed E-state index contributed by atoms with van der Waals surface area (Å²) in [6.07, 6.45) is -3.96. The predicted octanol–water partition coefficient (Wildman–Crippen LogP) is 4.21. The van der Waals surface area contributed by atoms with Gasteiger partial charge in [-0.25, -0.2) is 0 Å². The lowest BCUT2D eigenvalue weighted by Gasteiger charge is -2.31. The SMILES string of the molecule is CCC[C@H](NC(=O)C1(C)CSN=N1)C(=O)N1CCCC1C(=O)N[C@@H](Cc1csc2ccccc12)C(=O)C(F)(F)F. The zero-order valence-corrected chi connectivity index (χ0v) is 23.6. The Morgan fingerprint density at radius 2 is 1.93 bits per heavy atom. The van der Waals surface area contributed by atoms with E-state index in [1.807, 2.05) is 13.0 Å². The van der Waals surface area contributed by atoms with Gasteiger partial charge in [-0.1, -0.05) is 31.5 Å². The molecule has 0 spiro atoms. The lowest BCUT2D eigenvalue weighted by atomic mass is 10.0. The van der Waals surface area contributed by atoms with Crippen molar-refractivity contribution in [2.45, 2.75) is 75.8 Å². The third kappa shape index (κ3) is 6.48. The van der Waals surface area contributed by atoms with Crippen molar-refractivity contribution >= 4 is 56.9 Å². The molecule has 2 unspecified atom stereocenters. The minimum Gasteiger partial charge on any atom is -0.344 e. The molecule has 2 aliphatic rings. The predicted molar refractivity (Wildman–Crippen MR) is 146 cm³/mol. The van der Waals surface area contributed by atoms with Crippen LogP contribution in [-0.4, -0.2) is 70.5 Å². The largest absolute Gasteiger partial charge is 0.452 e. The van der Waals surface area contributed by atoms with E-state index in [0.29, 0.717) is 36.0 Å². The third-order valence-electron chi connectivity index (χ3n) is 7.07. The summed E-state index contributed by atoms with van der Waals surface area (Å²) < 4.78 is 45.2. The van der Waals surface area contributed by atoms with E-state index in [0.717, 1.165) is 16.6 Å². The second-order valence-corrected chi connectivity index (χ2v) is 11.7. The molecule has 1 saturated heterocycles. The molecule has 2 aromatic rings. The number of hydrogen-bond acceptors (Lipinski definition) is 8.